The number of halogens is 5. The van der Waals surface area contributed by atoms with E-state index in [-0.39, 0.29) is 29.7 Å². The van der Waals surface area contributed by atoms with E-state index in [1.807, 2.05) is 4.90 Å². The summed E-state index contributed by atoms with van der Waals surface area (Å²) in [5, 5.41) is 8.67. The Bertz CT molecular complexity index is 1210. The molecule has 2 fully saturated rings. The second-order valence-corrected chi connectivity index (χ2v) is 14.7. The maximum Gasteiger partial charge on any atom is 0.344 e. The van der Waals surface area contributed by atoms with E-state index in [2.05, 4.69) is 0 Å². The third kappa shape index (κ3) is 6.80. The van der Waals surface area contributed by atoms with Gasteiger partial charge >= 0.3 is 5.97 Å². The Kier molecular flexibility index (Phi) is 8.66. The van der Waals surface area contributed by atoms with Crippen LogP contribution in [0.3, 0.4) is 0 Å². The molecule has 7 nitrogen and oxygen atoms in total. The Hall–Kier alpha value is -1.80. The average Bonchev–Trinajstić information content (AvgIpc) is 3.33. The molecule has 40 heavy (non-hydrogen) atoms. The molecule has 1 unspecified atom stereocenters. The van der Waals surface area contributed by atoms with E-state index in [1.165, 1.54) is 19.2 Å². The van der Waals surface area contributed by atoms with Crippen LogP contribution in [0.15, 0.2) is 21.9 Å². The number of fused-ring (bicyclic) bond motifs is 1. The third-order valence-corrected chi connectivity index (χ3v) is 11.1. The van der Waals surface area contributed by atoms with Gasteiger partial charge in [-0.25, -0.2) is 35.2 Å². The number of alkyl halides is 5. The average molecular weight is 615 g/mol. The van der Waals surface area contributed by atoms with Crippen molar-refractivity contribution in [2.45, 2.75) is 110 Å². The van der Waals surface area contributed by atoms with Gasteiger partial charge < -0.3 is 14.7 Å². The smallest absolute Gasteiger partial charge is 0.344 e. The molecule has 226 valence electrons. The van der Waals surface area contributed by atoms with Crippen molar-refractivity contribution >= 4 is 33.4 Å². The number of sulfonamides is 1. The van der Waals surface area contributed by atoms with Crippen LogP contribution in [-0.4, -0.2) is 78.8 Å². The first-order valence-electron chi connectivity index (χ1n) is 13.3. The van der Waals surface area contributed by atoms with Crippen LogP contribution in [0, 0.1) is 0 Å². The van der Waals surface area contributed by atoms with Crippen LogP contribution in [-0.2, 0) is 14.8 Å². The van der Waals surface area contributed by atoms with Crippen molar-refractivity contribution in [2.75, 3.05) is 25.1 Å². The maximum absolute atomic E-state index is 14.6. The third-order valence-electron chi connectivity index (χ3n) is 7.89. The summed E-state index contributed by atoms with van der Waals surface area (Å²) in [7, 11) is -2.93. The molecular weight excluding hydrogens is 579 g/mol. The highest BCUT2D eigenvalue weighted by atomic mass is 32.2. The largest absolute Gasteiger partial charge is 0.488 e. The minimum absolute atomic E-state index is 0.0520. The molecular formula is C26H35F5N2O5S2. The Labute approximate surface area is 235 Å². The lowest BCUT2D eigenvalue weighted by molar-refractivity contribution is -0.151. The zero-order valence-electron chi connectivity index (χ0n) is 22.6. The summed E-state index contributed by atoms with van der Waals surface area (Å²) >= 11 is 1.05. The predicted molar refractivity (Wildman–Crippen MR) is 141 cm³/mol. The van der Waals surface area contributed by atoms with E-state index in [4.69, 9.17) is 4.74 Å². The van der Waals surface area contributed by atoms with E-state index >= 15 is 0 Å². The summed E-state index contributed by atoms with van der Waals surface area (Å²) < 4.78 is 104. The monoisotopic (exact) mass is 614 g/mol. The second kappa shape index (κ2) is 11.1. The molecule has 2 aliphatic carbocycles. The lowest BCUT2D eigenvalue weighted by Crippen LogP contribution is -2.45. The van der Waals surface area contributed by atoms with E-state index < -0.39 is 70.7 Å². The van der Waals surface area contributed by atoms with Crippen LogP contribution in [0.2, 0.25) is 0 Å². The Morgan fingerprint density at radius 1 is 1.18 bits per heavy atom. The summed E-state index contributed by atoms with van der Waals surface area (Å²) in [6.07, 6.45) is 1.99. The molecule has 1 aromatic rings. The van der Waals surface area contributed by atoms with E-state index in [1.54, 1.807) is 0 Å². The summed E-state index contributed by atoms with van der Waals surface area (Å²) in [5.41, 5.74) is -2.48. The molecule has 0 spiro atoms. The van der Waals surface area contributed by atoms with Crippen molar-refractivity contribution in [3.05, 3.63) is 12.1 Å². The Morgan fingerprint density at radius 2 is 1.80 bits per heavy atom. The van der Waals surface area contributed by atoms with E-state index in [0.717, 1.165) is 55.6 Å². The lowest BCUT2D eigenvalue weighted by atomic mass is 9.94. The van der Waals surface area contributed by atoms with Crippen molar-refractivity contribution in [1.29, 1.82) is 0 Å². The van der Waals surface area contributed by atoms with Crippen LogP contribution in [0.5, 0.6) is 5.75 Å². The fraction of sp³-hybridized carbons (Fsp3) is 0.731. The molecule has 4 rings (SSSR count). The number of thioether (sulfide) groups is 1. The number of rotatable bonds is 10. The molecule has 0 amide bonds. The zero-order valence-corrected chi connectivity index (χ0v) is 24.3. The Balaban J connectivity index is 1.79. The first-order chi connectivity index (χ1) is 18.4. The van der Waals surface area contributed by atoms with Crippen molar-refractivity contribution in [3.63, 3.8) is 0 Å². The van der Waals surface area contributed by atoms with Crippen LogP contribution < -0.4 is 9.64 Å². The van der Waals surface area contributed by atoms with E-state index in [0.29, 0.717) is 10.6 Å². The van der Waals surface area contributed by atoms with Gasteiger partial charge in [-0.2, -0.15) is 4.31 Å². The number of hydrogen-bond acceptors (Lipinski definition) is 6. The molecule has 1 aromatic carbocycles. The number of carbonyl (C=O) groups is 1. The van der Waals surface area contributed by atoms with Crippen LogP contribution in [0.1, 0.15) is 65.2 Å². The fourth-order valence-corrected chi connectivity index (χ4v) is 8.36. The Morgan fingerprint density at radius 3 is 2.35 bits per heavy atom. The minimum Gasteiger partial charge on any atom is -0.488 e. The molecule has 1 N–H and O–H groups in total. The maximum atomic E-state index is 14.6. The van der Waals surface area contributed by atoms with Gasteiger partial charge in [0.05, 0.1) is 10.6 Å². The SMILES string of the molecule is CN1[C@@H](CCC(C)(F)F)CN(C2CCCC2)c2cc(SC3CC(F)(F)C3)c(OCC(C)(F)C(=O)O)cc2S1(=O)=O. The van der Waals surface area contributed by atoms with Gasteiger partial charge in [0.1, 0.15) is 17.3 Å². The van der Waals surface area contributed by atoms with Gasteiger partial charge in [0.25, 0.3) is 0 Å². The number of benzene rings is 1. The zero-order chi connectivity index (χ0) is 29.7. The highest BCUT2D eigenvalue weighted by molar-refractivity contribution is 8.00. The molecule has 14 heteroatoms. The van der Waals surface area contributed by atoms with Gasteiger partial charge in [-0.3, -0.25) is 0 Å². The molecule has 3 aliphatic rings. The molecule has 0 saturated heterocycles. The number of carboxylic acids is 1. The van der Waals surface area contributed by atoms with Crippen molar-refractivity contribution in [2.24, 2.45) is 0 Å². The van der Waals surface area contributed by atoms with Crippen LogP contribution in [0.25, 0.3) is 0 Å². The fourth-order valence-electron chi connectivity index (χ4n) is 5.36. The molecule has 1 aliphatic heterocycles. The minimum atomic E-state index is -4.26. The number of likely N-dealkylation sites (N-methyl/N-ethyl adjacent to an activating group) is 1. The highest BCUT2D eigenvalue weighted by Crippen LogP contribution is 2.51. The quantitative estimate of drug-likeness (QED) is 0.326. The standard InChI is InChI=1S/C26H35F5N2O5S2/c1-24(27,23(34)35)15-38-20-11-22-19(10-21(20)39-18-12-26(30,31)13-18)33(16-6-4-5-7-16)14-17(8-9-25(2,28)29)32(3)40(22,36)37/h10-11,16-18H,4-9,12-15H2,1-3H3,(H,34,35)/t17-,24?/m0/s1. The van der Waals surface area contributed by atoms with Gasteiger partial charge in [-0.1, -0.05) is 12.8 Å². The summed E-state index contributed by atoms with van der Waals surface area (Å²) in [4.78, 5) is 13.3. The first kappa shape index (κ1) is 31.1. The van der Waals surface area contributed by atoms with Crippen LogP contribution in [0.4, 0.5) is 27.6 Å². The molecule has 0 aromatic heterocycles. The number of ether oxygens (including phenoxy) is 1. The summed E-state index contributed by atoms with van der Waals surface area (Å²) in [6, 6.07) is 1.90. The van der Waals surface area contributed by atoms with Gasteiger partial charge in [0.15, 0.2) is 0 Å². The number of carboxylic acid groups (broad SMARTS) is 1. The number of hydrogen-bond donors (Lipinski definition) is 1. The highest BCUT2D eigenvalue weighted by Gasteiger charge is 2.47. The molecule has 0 radical (unpaired) electrons. The molecule has 2 atom stereocenters. The van der Waals surface area contributed by atoms with Crippen molar-refractivity contribution in [1.82, 2.24) is 4.31 Å². The van der Waals surface area contributed by atoms with Gasteiger partial charge in [-0.05, 0) is 39.2 Å². The van der Waals surface area contributed by atoms with E-state index in [9.17, 15) is 40.3 Å². The number of aliphatic carboxylic acids is 1. The molecule has 0 bridgehead atoms. The summed E-state index contributed by atoms with van der Waals surface area (Å²) in [6.45, 7) is 0.815. The normalized spacial score (nSPS) is 25.1. The topological polar surface area (TPSA) is 87.2 Å². The lowest BCUT2D eigenvalue weighted by Gasteiger charge is -2.36. The number of nitrogens with zero attached hydrogens (tertiary/aromatic N) is 2. The molecule has 1 heterocycles. The second-order valence-electron chi connectivity index (χ2n) is 11.4. The molecule has 2 saturated carbocycles. The number of anilines is 1. The van der Waals surface area contributed by atoms with Crippen molar-refractivity contribution in [3.8, 4) is 5.75 Å². The first-order valence-corrected chi connectivity index (χ1v) is 15.6. The van der Waals surface area contributed by atoms with Gasteiger partial charge in [-0.15, -0.1) is 11.8 Å². The van der Waals surface area contributed by atoms with Crippen molar-refractivity contribution < 1.29 is 45.0 Å². The summed E-state index contributed by atoms with van der Waals surface area (Å²) in [5.74, 6) is -7.71. The van der Waals surface area contributed by atoms with Crippen LogP contribution >= 0.6 is 11.8 Å². The predicted octanol–water partition coefficient (Wildman–Crippen LogP) is 5.96. The van der Waals surface area contributed by atoms with Gasteiger partial charge in [0, 0.05) is 56.3 Å². The van der Waals surface area contributed by atoms with Gasteiger partial charge in [0.2, 0.25) is 27.5 Å².